The molecule has 2 nitrogen and oxygen atoms in total. The number of rotatable bonds is 4. The van der Waals surface area contributed by atoms with Gasteiger partial charge < -0.3 is 0 Å². The summed E-state index contributed by atoms with van der Waals surface area (Å²) in [6.45, 7) is 0. The molecule has 0 aliphatic heterocycles. The first-order valence-corrected chi connectivity index (χ1v) is 7.15. The Bertz CT molecular complexity index is 513. The smallest absolute Gasteiger partial charge is 0.143 e. The van der Waals surface area contributed by atoms with Gasteiger partial charge in [-0.25, -0.2) is 0 Å². The molecule has 0 N–H and O–H groups in total. The first kappa shape index (κ1) is 13.1. The normalized spacial score (nSPS) is 10.8. The molecule has 0 bridgehead atoms. The van der Waals surface area contributed by atoms with Crippen molar-refractivity contribution in [2.24, 2.45) is 0 Å². The monoisotopic (exact) mass is 306 g/mol. The Morgan fingerprint density at radius 3 is 2.65 bits per heavy atom. The Balaban J connectivity index is 2.21. The van der Waals surface area contributed by atoms with Crippen LogP contribution in [0.5, 0.6) is 0 Å². The SMILES string of the molecule is ClCCCc1nnc(-c2ccc(Cl)c(Cl)c2)s1. The summed E-state index contributed by atoms with van der Waals surface area (Å²) in [5.74, 6) is 0.641. The van der Waals surface area contributed by atoms with Crippen LogP contribution in [0.4, 0.5) is 0 Å². The van der Waals surface area contributed by atoms with Crippen LogP contribution in [0, 0.1) is 0 Å². The van der Waals surface area contributed by atoms with Gasteiger partial charge in [0.05, 0.1) is 10.0 Å². The van der Waals surface area contributed by atoms with Crippen LogP contribution in [-0.2, 0) is 6.42 Å². The van der Waals surface area contributed by atoms with Gasteiger partial charge in [-0.1, -0.05) is 40.6 Å². The highest BCUT2D eigenvalue weighted by Gasteiger charge is 2.08. The van der Waals surface area contributed by atoms with Crippen molar-refractivity contribution in [3.05, 3.63) is 33.3 Å². The van der Waals surface area contributed by atoms with Crippen LogP contribution in [0.15, 0.2) is 18.2 Å². The molecule has 0 amide bonds. The molecule has 0 saturated heterocycles. The molecule has 6 heteroatoms. The summed E-state index contributed by atoms with van der Waals surface area (Å²) in [4.78, 5) is 0. The zero-order chi connectivity index (χ0) is 12.3. The number of benzene rings is 1. The molecule has 0 unspecified atom stereocenters. The maximum atomic E-state index is 5.96. The lowest BCUT2D eigenvalue weighted by atomic mass is 10.2. The van der Waals surface area contributed by atoms with E-state index in [1.54, 1.807) is 23.5 Å². The molecule has 1 aromatic heterocycles. The third kappa shape index (κ3) is 3.32. The first-order chi connectivity index (χ1) is 8.20. The topological polar surface area (TPSA) is 25.8 Å². The minimum absolute atomic E-state index is 0.529. The number of halogens is 3. The van der Waals surface area contributed by atoms with E-state index >= 15 is 0 Å². The van der Waals surface area contributed by atoms with Crippen LogP contribution in [0.1, 0.15) is 11.4 Å². The zero-order valence-electron chi connectivity index (χ0n) is 8.79. The molecule has 0 atom stereocenters. The van der Waals surface area contributed by atoms with Crippen molar-refractivity contribution >= 4 is 46.1 Å². The predicted molar refractivity (Wildman–Crippen MR) is 74.4 cm³/mol. The largest absolute Gasteiger partial charge is 0.147 e. The summed E-state index contributed by atoms with van der Waals surface area (Å²) in [7, 11) is 0. The number of aryl methyl sites for hydroxylation is 1. The molecular weight excluding hydrogens is 299 g/mol. The molecule has 90 valence electrons. The fourth-order valence-electron chi connectivity index (χ4n) is 1.32. The van der Waals surface area contributed by atoms with Gasteiger partial charge in [0, 0.05) is 17.9 Å². The van der Waals surface area contributed by atoms with E-state index in [1.807, 2.05) is 6.07 Å². The highest BCUT2D eigenvalue weighted by Crippen LogP contribution is 2.30. The minimum atomic E-state index is 0.529. The second-order valence-electron chi connectivity index (χ2n) is 3.42. The van der Waals surface area contributed by atoms with E-state index in [-0.39, 0.29) is 0 Å². The predicted octanol–water partition coefficient (Wildman–Crippen LogP) is 4.68. The van der Waals surface area contributed by atoms with E-state index in [9.17, 15) is 0 Å². The average molecular weight is 308 g/mol. The third-order valence-corrected chi connectivity index (χ3v) is 4.20. The lowest BCUT2D eigenvalue weighted by molar-refractivity contribution is 0.884. The van der Waals surface area contributed by atoms with Crippen molar-refractivity contribution in [2.75, 3.05) is 5.88 Å². The van der Waals surface area contributed by atoms with Gasteiger partial charge in [-0.05, 0) is 18.6 Å². The summed E-state index contributed by atoms with van der Waals surface area (Å²) < 4.78 is 0. The summed E-state index contributed by atoms with van der Waals surface area (Å²) in [5, 5.41) is 11.2. The van der Waals surface area contributed by atoms with E-state index < -0.39 is 0 Å². The summed E-state index contributed by atoms with van der Waals surface area (Å²) in [6, 6.07) is 5.45. The van der Waals surface area contributed by atoms with Gasteiger partial charge in [0.15, 0.2) is 0 Å². The molecule has 0 fully saturated rings. The number of hydrogen-bond acceptors (Lipinski definition) is 3. The molecule has 0 spiro atoms. The van der Waals surface area contributed by atoms with Crippen LogP contribution in [0.25, 0.3) is 10.6 Å². The van der Waals surface area contributed by atoms with E-state index in [0.717, 1.165) is 28.4 Å². The Kier molecular flexibility index (Phi) is 4.62. The van der Waals surface area contributed by atoms with E-state index in [1.165, 1.54) is 0 Å². The fraction of sp³-hybridized carbons (Fsp3) is 0.273. The lowest BCUT2D eigenvalue weighted by Crippen LogP contribution is -1.84. The van der Waals surface area contributed by atoms with E-state index in [0.29, 0.717) is 15.9 Å². The summed E-state index contributed by atoms with van der Waals surface area (Å²) in [6.07, 6.45) is 1.78. The van der Waals surface area contributed by atoms with Crippen molar-refractivity contribution < 1.29 is 0 Å². The van der Waals surface area contributed by atoms with Crippen LogP contribution in [0.2, 0.25) is 10.0 Å². The Morgan fingerprint density at radius 2 is 1.94 bits per heavy atom. The van der Waals surface area contributed by atoms with Crippen molar-refractivity contribution in [1.29, 1.82) is 0 Å². The number of aromatic nitrogens is 2. The number of alkyl halides is 1. The van der Waals surface area contributed by atoms with Crippen LogP contribution in [0.3, 0.4) is 0 Å². The van der Waals surface area contributed by atoms with Gasteiger partial charge in [-0.3, -0.25) is 0 Å². The lowest BCUT2D eigenvalue weighted by Gasteiger charge is -1.98. The number of hydrogen-bond donors (Lipinski definition) is 0. The minimum Gasteiger partial charge on any atom is -0.143 e. The fourth-order valence-corrected chi connectivity index (χ4v) is 2.63. The molecule has 0 aliphatic rings. The van der Waals surface area contributed by atoms with Gasteiger partial charge in [0.2, 0.25) is 0 Å². The quantitative estimate of drug-likeness (QED) is 0.766. The van der Waals surface area contributed by atoms with Gasteiger partial charge in [-0.2, -0.15) is 0 Å². The molecule has 1 heterocycles. The maximum absolute atomic E-state index is 5.96. The zero-order valence-corrected chi connectivity index (χ0v) is 11.9. The summed E-state index contributed by atoms with van der Waals surface area (Å²) in [5.41, 5.74) is 0.939. The molecule has 2 aromatic rings. The van der Waals surface area contributed by atoms with Gasteiger partial charge >= 0.3 is 0 Å². The molecule has 0 aliphatic carbocycles. The summed E-state index contributed by atoms with van der Waals surface area (Å²) >= 11 is 19.0. The second kappa shape index (κ2) is 6.01. The van der Waals surface area contributed by atoms with E-state index in [4.69, 9.17) is 34.8 Å². The molecular formula is C11H9Cl3N2S. The van der Waals surface area contributed by atoms with Crippen molar-refractivity contribution in [1.82, 2.24) is 10.2 Å². The second-order valence-corrected chi connectivity index (χ2v) is 5.68. The van der Waals surface area contributed by atoms with Crippen LogP contribution >= 0.6 is 46.1 Å². The Labute approximate surface area is 119 Å². The van der Waals surface area contributed by atoms with Gasteiger partial charge in [-0.15, -0.1) is 21.8 Å². The van der Waals surface area contributed by atoms with Crippen molar-refractivity contribution in [3.8, 4) is 10.6 Å². The first-order valence-electron chi connectivity index (χ1n) is 5.04. The van der Waals surface area contributed by atoms with Crippen molar-refractivity contribution in [2.45, 2.75) is 12.8 Å². The molecule has 0 radical (unpaired) electrons. The van der Waals surface area contributed by atoms with E-state index in [2.05, 4.69) is 10.2 Å². The molecule has 17 heavy (non-hydrogen) atoms. The average Bonchev–Trinajstić information content (AvgIpc) is 2.79. The van der Waals surface area contributed by atoms with Crippen molar-refractivity contribution in [3.63, 3.8) is 0 Å². The Hall–Kier alpha value is -0.350. The van der Waals surface area contributed by atoms with Gasteiger partial charge in [0.1, 0.15) is 10.0 Å². The number of nitrogens with zero attached hydrogens (tertiary/aromatic N) is 2. The van der Waals surface area contributed by atoms with Crippen LogP contribution < -0.4 is 0 Å². The molecule has 1 aromatic carbocycles. The van der Waals surface area contributed by atoms with Crippen LogP contribution in [-0.4, -0.2) is 16.1 Å². The molecule has 2 rings (SSSR count). The third-order valence-electron chi connectivity index (χ3n) is 2.16. The van der Waals surface area contributed by atoms with Gasteiger partial charge in [0.25, 0.3) is 0 Å². The standard InChI is InChI=1S/C11H9Cl3N2S/c12-5-1-2-10-15-16-11(17-10)7-3-4-8(13)9(14)6-7/h3-4,6H,1-2,5H2. The highest BCUT2D eigenvalue weighted by atomic mass is 35.5. The molecule has 0 saturated carbocycles. The Morgan fingerprint density at radius 1 is 1.12 bits per heavy atom. The highest BCUT2D eigenvalue weighted by molar-refractivity contribution is 7.14. The maximum Gasteiger partial charge on any atom is 0.147 e.